The Balaban J connectivity index is 1.61. The van der Waals surface area contributed by atoms with Crippen LogP contribution in [-0.2, 0) is 17.8 Å². The molecule has 0 amide bonds. The molecule has 0 spiro atoms. The van der Waals surface area contributed by atoms with E-state index >= 15 is 0 Å². The first kappa shape index (κ1) is 17.6. The van der Waals surface area contributed by atoms with Crippen LogP contribution in [0.4, 0.5) is 0 Å². The second kappa shape index (κ2) is 7.18. The molecule has 0 saturated carbocycles. The SMILES string of the molecule is CCOC(=O)c1cc2c(c(-c3cccc(-c4cc5ccccc5o4)c3)n1)CNC2. The first-order valence-electron chi connectivity index (χ1n) is 9.73. The van der Waals surface area contributed by atoms with Crippen molar-refractivity contribution >= 4 is 16.9 Å². The third-order valence-corrected chi connectivity index (χ3v) is 5.16. The third-order valence-electron chi connectivity index (χ3n) is 5.16. The lowest BCUT2D eigenvalue weighted by atomic mass is 9.99. The summed E-state index contributed by atoms with van der Waals surface area (Å²) in [5.41, 5.74) is 6.16. The predicted molar refractivity (Wildman–Crippen MR) is 111 cm³/mol. The highest BCUT2D eigenvalue weighted by molar-refractivity contribution is 5.89. The van der Waals surface area contributed by atoms with E-state index in [2.05, 4.69) is 16.4 Å². The van der Waals surface area contributed by atoms with Crippen molar-refractivity contribution in [2.24, 2.45) is 0 Å². The number of carbonyl (C=O) groups is 1. The van der Waals surface area contributed by atoms with Crippen LogP contribution in [0, 0.1) is 0 Å². The molecular formula is C24H20N2O3. The molecule has 0 fully saturated rings. The Hall–Kier alpha value is -3.44. The van der Waals surface area contributed by atoms with Crippen molar-refractivity contribution in [2.75, 3.05) is 6.61 Å². The van der Waals surface area contributed by atoms with Gasteiger partial charge in [0.05, 0.1) is 12.3 Å². The van der Waals surface area contributed by atoms with E-state index in [4.69, 9.17) is 9.15 Å². The highest BCUT2D eigenvalue weighted by atomic mass is 16.5. The van der Waals surface area contributed by atoms with Gasteiger partial charge < -0.3 is 14.5 Å². The van der Waals surface area contributed by atoms with Crippen LogP contribution in [0.5, 0.6) is 0 Å². The Labute approximate surface area is 168 Å². The number of nitrogens with one attached hydrogen (secondary N) is 1. The van der Waals surface area contributed by atoms with Crippen molar-refractivity contribution in [3.8, 4) is 22.6 Å². The van der Waals surface area contributed by atoms with Crippen LogP contribution in [0.15, 0.2) is 65.1 Å². The zero-order chi connectivity index (χ0) is 19.8. The Kier molecular flexibility index (Phi) is 4.37. The lowest BCUT2D eigenvalue weighted by Gasteiger charge is -2.11. The molecule has 0 atom stereocenters. The van der Waals surface area contributed by atoms with E-state index in [1.807, 2.05) is 54.6 Å². The van der Waals surface area contributed by atoms with Crippen molar-refractivity contribution < 1.29 is 13.9 Å². The minimum Gasteiger partial charge on any atom is -0.461 e. The molecule has 4 aromatic rings. The first-order valence-corrected chi connectivity index (χ1v) is 9.73. The summed E-state index contributed by atoms with van der Waals surface area (Å²) >= 11 is 0. The number of fused-ring (bicyclic) bond motifs is 2. The smallest absolute Gasteiger partial charge is 0.356 e. The molecule has 144 valence electrons. The third kappa shape index (κ3) is 3.19. The lowest BCUT2D eigenvalue weighted by molar-refractivity contribution is 0.0519. The van der Waals surface area contributed by atoms with Gasteiger partial charge in [-0.2, -0.15) is 0 Å². The van der Waals surface area contributed by atoms with Crippen molar-refractivity contribution in [1.29, 1.82) is 0 Å². The number of ether oxygens (including phenoxy) is 1. The number of nitrogens with zero attached hydrogens (tertiary/aromatic N) is 1. The standard InChI is InChI=1S/C24H20N2O3/c1-2-28-24(27)20-11-18-13-25-14-19(18)23(26-20)17-8-5-7-15(10-17)22-12-16-6-3-4-9-21(16)29-22/h3-12,25H,2,13-14H2,1H3. The molecule has 0 aliphatic carbocycles. The summed E-state index contributed by atoms with van der Waals surface area (Å²) < 4.78 is 11.2. The van der Waals surface area contributed by atoms with E-state index in [0.29, 0.717) is 12.3 Å². The number of rotatable bonds is 4. The summed E-state index contributed by atoms with van der Waals surface area (Å²) in [6.07, 6.45) is 0. The van der Waals surface area contributed by atoms with Gasteiger partial charge in [-0.1, -0.05) is 36.4 Å². The second-order valence-corrected chi connectivity index (χ2v) is 7.05. The molecule has 2 aromatic carbocycles. The van der Waals surface area contributed by atoms with E-state index in [1.54, 1.807) is 6.92 Å². The lowest BCUT2D eigenvalue weighted by Crippen LogP contribution is -2.09. The topological polar surface area (TPSA) is 64.4 Å². The van der Waals surface area contributed by atoms with E-state index in [0.717, 1.165) is 57.8 Å². The molecule has 5 heteroatoms. The summed E-state index contributed by atoms with van der Waals surface area (Å²) in [6.45, 7) is 3.58. The predicted octanol–water partition coefficient (Wildman–Crippen LogP) is 4.94. The highest BCUT2D eigenvalue weighted by Crippen LogP contribution is 2.33. The number of para-hydroxylation sites is 1. The molecule has 5 rings (SSSR count). The number of hydrogen-bond donors (Lipinski definition) is 1. The van der Waals surface area contributed by atoms with Crippen LogP contribution in [0.3, 0.4) is 0 Å². The zero-order valence-electron chi connectivity index (χ0n) is 16.1. The van der Waals surface area contributed by atoms with Crippen LogP contribution in [0.2, 0.25) is 0 Å². The van der Waals surface area contributed by atoms with Crippen molar-refractivity contribution in [2.45, 2.75) is 20.0 Å². The van der Waals surface area contributed by atoms with Crippen molar-refractivity contribution in [3.63, 3.8) is 0 Å². The maximum Gasteiger partial charge on any atom is 0.356 e. The summed E-state index contributed by atoms with van der Waals surface area (Å²) in [5.74, 6) is 0.418. The van der Waals surface area contributed by atoms with Crippen molar-refractivity contribution in [3.05, 3.63) is 77.5 Å². The van der Waals surface area contributed by atoms with Crippen LogP contribution >= 0.6 is 0 Å². The highest BCUT2D eigenvalue weighted by Gasteiger charge is 2.22. The largest absolute Gasteiger partial charge is 0.461 e. The Morgan fingerprint density at radius 1 is 1.07 bits per heavy atom. The fraction of sp³-hybridized carbons (Fsp3) is 0.167. The maximum absolute atomic E-state index is 12.3. The molecule has 1 aliphatic heterocycles. The molecule has 0 saturated heterocycles. The van der Waals surface area contributed by atoms with E-state index in [1.165, 1.54) is 0 Å². The summed E-state index contributed by atoms with van der Waals surface area (Å²) in [5, 5.41) is 4.42. The van der Waals surface area contributed by atoms with E-state index in [9.17, 15) is 4.79 Å². The number of carbonyl (C=O) groups excluding carboxylic acids is 1. The first-order chi connectivity index (χ1) is 14.2. The molecule has 0 radical (unpaired) electrons. The molecule has 0 unspecified atom stereocenters. The number of aromatic nitrogens is 1. The van der Waals surface area contributed by atoms with Gasteiger partial charge in [-0.3, -0.25) is 0 Å². The summed E-state index contributed by atoms with van der Waals surface area (Å²) in [7, 11) is 0. The molecule has 1 N–H and O–H groups in total. The van der Waals surface area contributed by atoms with Gasteiger partial charge in [0, 0.05) is 29.6 Å². The van der Waals surface area contributed by atoms with Crippen LogP contribution in [-0.4, -0.2) is 17.6 Å². The number of benzene rings is 2. The molecular weight excluding hydrogens is 364 g/mol. The van der Waals surface area contributed by atoms with Gasteiger partial charge in [0.25, 0.3) is 0 Å². The van der Waals surface area contributed by atoms with Gasteiger partial charge in [-0.25, -0.2) is 9.78 Å². The minimum atomic E-state index is -0.392. The normalized spacial score (nSPS) is 12.9. The van der Waals surface area contributed by atoms with Gasteiger partial charge in [-0.05, 0) is 42.3 Å². The van der Waals surface area contributed by atoms with Gasteiger partial charge in [0.15, 0.2) is 0 Å². The monoisotopic (exact) mass is 384 g/mol. The van der Waals surface area contributed by atoms with Crippen LogP contribution in [0.1, 0.15) is 28.5 Å². The van der Waals surface area contributed by atoms with E-state index < -0.39 is 5.97 Å². The molecule has 1 aliphatic rings. The average molecular weight is 384 g/mol. The van der Waals surface area contributed by atoms with Gasteiger partial charge in [0.1, 0.15) is 17.0 Å². The van der Waals surface area contributed by atoms with Gasteiger partial charge in [0.2, 0.25) is 0 Å². The van der Waals surface area contributed by atoms with Crippen LogP contribution < -0.4 is 5.32 Å². The number of esters is 1. The van der Waals surface area contributed by atoms with Crippen molar-refractivity contribution in [1.82, 2.24) is 10.3 Å². The second-order valence-electron chi connectivity index (χ2n) is 7.05. The minimum absolute atomic E-state index is 0.326. The number of furan rings is 1. The quantitative estimate of drug-likeness (QED) is 0.505. The molecule has 29 heavy (non-hydrogen) atoms. The maximum atomic E-state index is 12.3. The van der Waals surface area contributed by atoms with E-state index in [-0.39, 0.29) is 0 Å². The number of pyridine rings is 1. The Bertz CT molecular complexity index is 1190. The Morgan fingerprint density at radius 3 is 2.79 bits per heavy atom. The molecule has 2 aromatic heterocycles. The molecule has 3 heterocycles. The summed E-state index contributed by atoms with van der Waals surface area (Å²) in [4.78, 5) is 17.0. The fourth-order valence-electron chi connectivity index (χ4n) is 3.79. The average Bonchev–Trinajstić information content (AvgIpc) is 3.40. The molecule has 5 nitrogen and oxygen atoms in total. The van der Waals surface area contributed by atoms with Gasteiger partial charge in [-0.15, -0.1) is 0 Å². The summed E-state index contributed by atoms with van der Waals surface area (Å²) in [6, 6.07) is 19.9. The zero-order valence-corrected chi connectivity index (χ0v) is 16.1. The van der Waals surface area contributed by atoms with Crippen LogP contribution in [0.25, 0.3) is 33.6 Å². The Morgan fingerprint density at radius 2 is 1.93 bits per heavy atom. The van der Waals surface area contributed by atoms with Gasteiger partial charge >= 0.3 is 5.97 Å². The fourth-order valence-corrected chi connectivity index (χ4v) is 3.79. The molecule has 0 bridgehead atoms. The number of hydrogen-bond acceptors (Lipinski definition) is 5.